The Balaban J connectivity index is 1.82. The van der Waals surface area contributed by atoms with Crippen LogP contribution < -0.4 is 5.32 Å². The quantitative estimate of drug-likeness (QED) is 0.556. The predicted molar refractivity (Wildman–Crippen MR) is 117 cm³/mol. The first-order valence-electron chi connectivity index (χ1n) is 8.78. The van der Waals surface area contributed by atoms with Crippen LogP contribution >= 0.6 is 23.8 Å². The summed E-state index contributed by atoms with van der Waals surface area (Å²) in [4.78, 5) is 6.35. The molecule has 1 aromatic heterocycles. The summed E-state index contributed by atoms with van der Waals surface area (Å²) in [5.74, 6) is 0. The lowest BCUT2D eigenvalue weighted by molar-refractivity contribution is 0.412. The molecular formula is C22H22ClN3S. The van der Waals surface area contributed by atoms with Crippen LogP contribution in [-0.2, 0) is 13.1 Å². The average Bonchev–Trinajstić information content (AvgIpc) is 2.67. The molecule has 3 nitrogen and oxygen atoms in total. The molecule has 0 fully saturated rings. The summed E-state index contributed by atoms with van der Waals surface area (Å²) in [7, 11) is 0. The number of aryl methyl sites for hydroxylation is 1. The average molecular weight is 396 g/mol. The molecule has 0 aliphatic heterocycles. The molecule has 3 rings (SSSR count). The molecule has 2 aromatic carbocycles. The van der Waals surface area contributed by atoms with E-state index in [1.165, 1.54) is 11.1 Å². The molecule has 1 heterocycles. The van der Waals surface area contributed by atoms with E-state index in [9.17, 15) is 0 Å². The van der Waals surface area contributed by atoms with E-state index in [1.807, 2.05) is 37.4 Å². The van der Waals surface area contributed by atoms with Crippen LogP contribution in [0.1, 0.15) is 22.3 Å². The van der Waals surface area contributed by atoms with Crippen molar-refractivity contribution in [3.8, 4) is 0 Å². The molecule has 0 radical (unpaired) electrons. The molecular weight excluding hydrogens is 374 g/mol. The zero-order chi connectivity index (χ0) is 19.2. The van der Waals surface area contributed by atoms with Gasteiger partial charge in [-0.15, -0.1) is 0 Å². The first-order valence-corrected chi connectivity index (χ1v) is 9.57. The number of benzene rings is 2. The molecule has 0 saturated carbocycles. The molecule has 5 heteroatoms. The van der Waals surface area contributed by atoms with Gasteiger partial charge in [-0.25, -0.2) is 0 Å². The lowest BCUT2D eigenvalue weighted by Gasteiger charge is -2.27. The second-order valence-corrected chi connectivity index (χ2v) is 7.34. The minimum Gasteiger partial charge on any atom is -0.340 e. The number of pyridine rings is 1. The van der Waals surface area contributed by atoms with E-state index in [0.717, 1.165) is 21.8 Å². The third kappa shape index (κ3) is 5.28. The van der Waals surface area contributed by atoms with Crippen molar-refractivity contribution in [1.29, 1.82) is 0 Å². The summed E-state index contributed by atoms with van der Waals surface area (Å²) in [6.07, 6.45) is 3.65. The van der Waals surface area contributed by atoms with Gasteiger partial charge < -0.3 is 10.2 Å². The smallest absolute Gasteiger partial charge is 0.174 e. The van der Waals surface area contributed by atoms with Gasteiger partial charge in [-0.05, 0) is 61.0 Å². The Morgan fingerprint density at radius 2 is 1.74 bits per heavy atom. The number of rotatable bonds is 5. The van der Waals surface area contributed by atoms with E-state index in [2.05, 4.69) is 52.5 Å². The molecule has 0 spiro atoms. The fraction of sp³-hybridized carbons (Fsp3) is 0.182. The van der Waals surface area contributed by atoms with Crippen LogP contribution in [0.15, 0.2) is 67.0 Å². The van der Waals surface area contributed by atoms with Gasteiger partial charge >= 0.3 is 0 Å². The topological polar surface area (TPSA) is 28.2 Å². The Kier molecular flexibility index (Phi) is 6.43. The van der Waals surface area contributed by atoms with Gasteiger partial charge in [0.2, 0.25) is 0 Å². The van der Waals surface area contributed by atoms with E-state index in [-0.39, 0.29) is 0 Å². The van der Waals surface area contributed by atoms with Gasteiger partial charge in [0.15, 0.2) is 5.11 Å². The van der Waals surface area contributed by atoms with Crippen molar-refractivity contribution in [2.75, 3.05) is 5.32 Å². The van der Waals surface area contributed by atoms with E-state index in [0.29, 0.717) is 18.2 Å². The number of nitrogens with one attached hydrogen (secondary N) is 1. The van der Waals surface area contributed by atoms with Crippen LogP contribution in [0.4, 0.5) is 5.69 Å². The Bertz CT molecular complexity index is 911. The van der Waals surface area contributed by atoms with Crippen LogP contribution in [0.25, 0.3) is 0 Å². The number of hydrogen-bond acceptors (Lipinski definition) is 2. The molecule has 0 unspecified atom stereocenters. The zero-order valence-corrected chi connectivity index (χ0v) is 17.0. The van der Waals surface area contributed by atoms with Crippen molar-refractivity contribution in [3.05, 3.63) is 94.3 Å². The number of nitrogens with zero attached hydrogens (tertiary/aromatic N) is 2. The van der Waals surface area contributed by atoms with Crippen LogP contribution in [0.3, 0.4) is 0 Å². The molecule has 27 heavy (non-hydrogen) atoms. The normalized spacial score (nSPS) is 10.5. The second kappa shape index (κ2) is 8.98. The summed E-state index contributed by atoms with van der Waals surface area (Å²) in [6.45, 7) is 5.46. The molecule has 0 atom stereocenters. The van der Waals surface area contributed by atoms with E-state index < -0.39 is 0 Å². The summed E-state index contributed by atoms with van der Waals surface area (Å²) in [6, 6.07) is 18.3. The number of aromatic nitrogens is 1. The van der Waals surface area contributed by atoms with Crippen molar-refractivity contribution in [3.63, 3.8) is 0 Å². The van der Waals surface area contributed by atoms with Crippen molar-refractivity contribution >= 4 is 34.6 Å². The SMILES string of the molecule is Cc1ccc(CN(Cc2cccnc2)C(=S)Nc2cccc(Cl)c2C)cc1. The largest absolute Gasteiger partial charge is 0.340 e. The van der Waals surface area contributed by atoms with Crippen LogP contribution in [0, 0.1) is 13.8 Å². The maximum Gasteiger partial charge on any atom is 0.174 e. The molecule has 138 valence electrons. The van der Waals surface area contributed by atoms with Crippen molar-refractivity contribution in [1.82, 2.24) is 9.88 Å². The lowest BCUT2D eigenvalue weighted by atomic mass is 10.1. The van der Waals surface area contributed by atoms with Crippen LogP contribution in [-0.4, -0.2) is 15.0 Å². The van der Waals surface area contributed by atoms with Crippen LogP contribution in [0.5, 0.6) is 0 Å². The summed E-state index contributed by atoms with van der Waals surface area (Å²) in [5, 5.41) is 4.74. The van der Waals surface area contributed by atoms with Crippen molar-refractivity contribution < 1.29 is 0 Å². The fourth-order valence-corrected chi connectivity index (χ4v) is 3.18. The molecule has 0 aliphatic carbocycles. The molecule has 0 amide bonds. The minimum absolute atomic E-state index is 0.657. The number of halogens is 1. The fourth-order valence-electron chi connectivity index (χ4n) is 2.76. The third-order valence-electron chi connectivity index (χ3n) is 4.39. The van der Waals surface area contributed by atoms with Gasteiger partial charge in [-0.1, -0.05) is 53.6 Å². The van der Waals surface area contributed by atoms with Crippen molar-refractivity contribution in [2.24, 2.45) is 0 Å². The maximum absolute atomic E-state index is 6.25. The summed E-state index contributed by atoms with van der Waals surface area (Å²) in [5.41, 5.74) is 5.46. The number of hydrogen-bond donors (Lipinski definition) is 1. The Morgan fingerprint density at radius 3 is 2.44 bits per heavy atom. The predicted octanol–water partition coefficient (Wildman–Crippen LogP) is 5.75. The Morgan fingerprint density at radius 1 is 1.00 bits per heavy atom. The zero-order valence-electron chi connectivity index (χ0n) is 15.4. The first-order chi connectivity index (χ1) is 13.0. The van der Waals surface area contributed by atoms with E-state index in [4.69, 9.17) is 23.8 Å². The van der Waals surface area contributed by atoms with Gasteiger partial charge in [0.25, 0.3) is 0 Å². The van der Waals surface area contributed by atoms with Gasteiger partial charge in [-0.3, -0.25) is 4.98 Å². The molecule has 3 aromatic rings. The number of thiocarbonyl (C=S) groups is 1. The molecule has 0 saturated heterocycles. The van der Waals surface area contributed by atoms with E-state index in [1.54, 1.807) is 6.20 Å². The van der Waals surface area contributed by atoms with Gasteiger partial charge in [0.05, 0.1) is 0 Å². The molecule has 0 aliphatic rings. The molecule has 1 N–H and O–H groups in total. The number of anilines is 1. The standard InChI is InChI=1S/C22H22ClN3S/c1-16-8-10-18(11-9-16)14-26(15-19-5-4-12-24-13-19)22(27)25-21-7-3-6-20(23)17(21)2/h3-13H,14-15H2,1-2H3,(H,25,27). The second-order valence-electron chi connectivity index (χ2n) is 6.55. The first kappa shape index (κ1) is 19.3. The van der Waals surface area contributed by atoms with Crippen LogP contribution in [0.2, 0.25) is 5.02 Å². The van der Waals surface area contributed by atoms with Crippen molar-refractivity contribution in [2.45, 2.75) is 26.9 Å². The summed E-state index contributed by atoms with van der Waals surface area (Å²) >= 11 is 12.0. The lowest BCUT2D eigenvalue weighted by Crippen LogP contribution is -2.34. The highest BCUT2D eigenvalue weighted by Crippen LogP contribution is 2.24. The van der Waals surface area contributed by atoms with Gasteiger partial charge in [-0.2, -0.15) is 0 Å². The van der Waals surface area contributed by atoms with Gasteiger partial charge in [0, 0.05) is 36.2 Å². The third-order valence-corrected chi connectivity index (χ3v) is 5.16. The highest BCUT2D eigenvalue weighted by Gasteiger charge is 2.13. The highest BCUT2D eigenvalue weighted by atomic mass is 35.5. The minimum atomic E-state index is 0.657. The maximum atomic E-state index is 6.25. The monoisotopic (exact) mass is 395 g/mol. The van der Waals surface area contributed by atoms with Gasteiger partial charge in [0.1, 0.15) is 0 Å². The Labute approximate surface area is 171 Å². The van der Waals surface area contributed by atoms with E-state index >= 15 is 0 Å². The Hall–Kier alpha value is -2.43. The molecule has 0 bridgehead atoms. The highest BCUT2D eigenvalue weighted by molar-refractivity contribution is 7.80. The summed E-state index contributed by atoms with van der Waals surface area (Å²) < 4.78 is 0.